The minimum absolute atomic E-state index is 0.257. The average molecular weight is 175 g/mol. The fraction of sp³-hybridized carbons (Fsp3) is 0.714. The maximum Gasteiger partial charge on any atom is 0.344 e. The molecule has 0 aromatic carbocycles. The molecule has 0 radical (unpaired) electrons. The summed E-state index contributed by atoms with van der Waals surface area (Å²) in [6, 6.07) is 0. The van der Waals surface area contributed by atoms with Crippen molar-refractivity contribution in [2.75, 3.05) is 27.3 Å². The van der Waals surface area contributed by atoms with Gasteiger partial charge < -0.3 is 14.8 Å². The van der Waals surface area contributed by atoms with Crippen LogP contribution in [-0.2, 0) is 19.1 Å². The van der Waals surface area contributed by atoms with Crippen molar-refractivity contribution in [3.8, 4) is 0 Å². The quantitative estimate of drug-likeness (QED) is 0.560. The summed E-state index contributed by atoms with van der Waals surface area (Å²) in [5, 5.41) is 2.78. The van der Waals surface area contributed by atoms with Crippen LogP contribution in [-0.4, -0.2) is 39.2 Å². The van der Waals surface area contributed by atoms with Crippen molar-refractivity contribution in [2.24, 2.45) is 0 Å². The Bertz CT molecular complexity index is 157. The number of rotatable bonds is 5. The van der Waals surface area contributed by atoms with Crippen LogP contribution in [0.4, 0.5) is 0 Å². The first-order valence-corrected chi connectivity index (χ1v) is 3.57. The van der Waals surface area contributed by atoms with E-state index >= 15 is 0 Å². The monoisotopic (exact) mass is 175 g/mol. The highest BCUT2D eigenvalue weighted by atomic mass is 16.6. The van der Waals surface area contributed by atoms with Crippen LogP contribution in [0, 0.1) is 0 Å². The summed E-state index contributed by atoms with van der Waals surface area (Å²) in [4.78, 5) is 21.2. The smallest absolute Gasteiger partial charge is 0.344 e. The number of carbonyl (C=O) groups excluding carboxylic acids is 2. The summed E-state index contributed by atoms with van der Waals surface area (Å²) >= 11 is 0. The van der Waals surface area contributed by atoms with Gasteiger partial charge in [0.2, 0.25) is 0 Å². The highest BCUT2D eigenvalue weighted by molar-refractivity contribution is 5.76. The number of ether oxygens (including phenoxy) is 2. The number of hydrogen-bond donors (Lipinski definition) is 1. The Morgan fingerprint density at radius 1 is 1.33 bits per heavy atom. The molecule has 70 valence electrons. The molecular weight excluding hydrogens is 162 g/mol. The Morgan fingerprint density at radius 3 is 2.50 bits per heavy atom. The molecule has 0 fully saturated rings. The molecule has 0 aliphatic rings. The third-order valence-corrected chi connectivity index (χ3v) is 1.16. The standard InChI is InChI=1S/C7H13NO4/c1-8-4-3-6(9)12-5-7(10)11-2/h8H,3-5H2,1-2H3. The molecule has 0 aliphatic heterocycles. The van der Waals surface area contributed by atoms with E-state index in [4.69, 9.17) is 0 Å². The average Bonchev–Trinajstić information content (AvgIpc) is 2.10. The summed E-state index contributed by atoms with van der Waals surface area (Å²) < 4.78 is 8.82. The van der Waals surface area contributed by atoms with Crippen LogP contribution in [0.1, 0.15) is 6.42 Å². The second kappa shape index (κ2) is 6.60. The maximum absolute atomic E-state index is 10.8. The third-order valence-electron chi connectivity index (χ3n) is 1.16. The second-order valence-corrected chi connectivity index (χ2v) is 2.09. The van der Waals surface area contributed by atoms with E-state index in [1.807, 2.05) is 0 Å². The molecule has 0 aromatic heterocycles. The van der Waals surface area contributed by atoms with Crippen LogP contribution in [0.15, 0.2) is 0 Å². The van der Waals surface area contributed by atoms with E-state index in [1.165, 1.54) is 7.11 Å². The van der Waals surface area contributed by atoms with Gasteiger partial charge in [-0.2, -0.15) is 0 Å². The predicted molar refractivity (Wildman–Crippen MR) is 41.5 cm³/mol. The molecule has 0 saturated heterocycles. The highest BCUT2D eigenvalue weighted by Crippen LogP contribution is 1.85. The SMILES string of the molecule is CNCCC(=O)OCC(=O)OC. The van der Waals surface area contributed by atoms with Crippen LogP contribution in [0.3, 0.4) is 0 Å². The molecule has 5 nitrogen and oxygen atoms in total. The van der Waals surface area contributed by atoms with Gasteiger partial charge in [-0.25, -0.2) is 4.79 Å². The van der Waals surface area contributed by atoms with Crippen LogP contribution in [0.25, 0.3) is 0 Å². The molecule has 0 bridgehead atoms. The maximum atomic E-state index is 10.8. The zero-order chi connectivity index (χ0) is 9.40. The minimum Gasteiger partial charge on any atom is -0.466 e. The van der Waals surface area contributed by atoms with E-state index in [0.29, 0.717) is 6.54 Å². The van der Waals surface area contributed by atoms with Gasteiger partial charge in [0.25, 0.3) is 0 Å². The van der Waals surface area contributed by atoms with Crippen molar-refractivity contribution in [3.05, 3.63) is 0 Å². The Morgan fingerprint density at radius 2 is 2.00 bits per heavy atom. The molecule has 0 saturated carbocycles. The van der Waals surface area contributed by atoms with Gasteiger partial charge in [-0.3, -0.25) is 4.79 Å². The van der Waals surface area contributed by atoms with Crippen molar-refractivity contribution in [1.29, 1.82) is 0 Å². The van der Waals surface area contributed by atoms with Gasteiger partial charge in [0.05, 0.1) is 13.5 Å². The van der Waals surface area contributed by atoms with E-state index in [9.17, 15) is 9.59 Å². The van der Waals surface area contributed by atoms with Crippen LogP contribution < -0.4 is 5.32 Å². The molecule has 12 heavy (non-hydrogen) atoms. The molecule has 0 atom stereocenters. The summed E-state index contributed by atoms with van der Waals surface area (Å²) in [5.74, 6) is -0.956. The zero-order valence-corrected chi connectivity index (χ0v) is 7.25. The number of methoxy groups -OCH3 is 1. The molecular formula is C7H13NO4. The molecule has 0 aromatic rings. The number of esters is 2. The second-order valence-electron chi connectivity index (χ2n) is 2.09. The summed E-state index contributed by atoms with van der Waals surface area (Å²) in [6.45, 7) is 0.235. The summed E-state index contributed by atoms with van der Waals surface area (Å²) in [7, 11) is 2.97. The molecule has 0 spiro atoms. The molecule has 0 heterocycles. The third kappa shape index (κ3) is 5.67. The summed E-state index contributed by atoms with van der Waals surface area (Å²) in [6.07, 6.45) is 0.257. The van der Waals surface area contributed by atoms with Crippen LogP contribution >= 0.6 is 0 Å². The lowest BCUT2D eigenvalue weighted by Crippen LogP contribution is -2.18. The predicted octanol–water partition coefficient (Wildman–Crippen LogP) is -0.688. The lowest BCUT2D eigenvalue weighted by molar-refractivity contribution is -0.156. The molecule has 0 unspecified atom stereocenters. The normalized spacial score (nSPS) is 9.17. The van der Waals surface area contributed by atoms with Gasteiger partial charge in [-0.15, -0.1) is 0 Å². The number of nitrogens with one attached hydrogen (secondary N) is 1. The van der Waals surface area contributed by atoms with E-state index in [-0.39, 0.29) is 13.0 Å². The van der Waals surface area contributed by atoms with Crippen molar-refractivity contribution in [2.45, 2.75) is 6.42 Å². The molecule has 0 amide bonds. The largest absolute Gasteiger partial charge is 0.466 e. The molecule has 5 heteroatoms. The zero-order valence-electron chi connectivity index (χ0n) is 7.25. The Hall–Kier alpha value is -1.10. The van der Waals surface area contributed by atoms with Gasteiger partial charge in [-0.05, 0) is 7.05 Å². The van der Waals surface area contributed by atoms with E-state index in [1.54, 1.807) is 7.05 Å². The number of hydrogen-bond acceptors (Lipinski definition) is 5. The fourth-order valence-corrected chi connectivity index (χ4v) is 0.498. The molecule has 1 N–H and O–H groups in total. The van der Waals surface area contributed by atoms with E-state index in [0.717, 1.165) is 0 Å². The Balaban J connectivity index is 3.37. The first kappa shape index (κ1) is 10.9. The first-order chi connectivity index (χ1) is 5.70. The van der Waals surface area contributed by atoms with Gasteiger partial charge in [0, 0.05) is 6.54 Å². The van der Waals surface area contributed by atoms with Gasteiger partial charge in [0.1, 0.15) is 0 Å². The Labute approximate surface area is 71.0 Å². The highest BCUT2D eigenvalue weighted by Gasteiger charge is 2.05. The van der Waals surface area contributed by atoms with Gasteiger partial charge in [0.15, 0.2) is 6.61 Å². The van der Waals surface area contributed by atoms with Crippen molar-refractivity contribution in [1.82, 2.24) is 5.32 Å². The van der Waals surface area contributed by atoms with Crippen molar-refractivity contribution >= 4 is 11.9 Å². The minimum atomic E-state index is -0.548. The van der Waals surface area contributed by atoms with E-state index < -0.39 is 11.9 Å². The Kier molecular flexibility index (Phi) is 6.00. The van der Waals surface area contributed by atoms with Crippen molar-refractivity contribution in [3.63, 3.8) is 0 Å². The van der Waals surface area contributed by atoms with Crippen LogP contribution in [0.5, 0.6) is 0 Å². The topological polar surface area (TPSA) is 64.6 Å². The summed E-state index contributed by atoms with van der Waals surface area (Å²) in [5.41, 5.74) is 0. The molecule has 0 rings (SSSR count). The van der Waals surface area contributed by atoms with Crippen LogP contribution in [0.2, 0.25) is 0 Å². The number of carbonyl (C=O) groups is 2. The fourth-order valence-electron chi connectivity index (χ4n) is 0.498. The first-order valence-electron chi connectivity index (χ1n) is 3.57. The van der Waals surface area contributed by atoms with E-state index in [2.05, 4.69) is 14.8 Å². The lowest BCUT2D eigenvalue weighted by atomic mass is 10.4. The van der Waals surface area contributed by atoms with Gasteiger partial charge in [-0.1, -0.05) is 0 Å². The van der Waals surface area contributed by atoms with Gasteiger partial charge >= 0.3 is 11.9 Å². The lowest BCUT2D eigenvalue weighted by Gasteiger charge is -2.02. The molecule has 0 aliphatic carbocycles. The van der Waals surface area contributed by atoms with Crippen molar-refractivity contribution < 1.29 is 19.1 Å².